The molecule has 2 heterocycles. The van der Waals surface area contributed by atoms with Gasteiger partial charge in [-0.3, -0.25) is 9.98 Å². The third kappa shape index (κ3) is 1.23. The van der Waals surface area contributed by atoms with Gasteiger partial charge in [-0.1, -0.05) is 24.3 Å². The fraction of sp³-hybridized carbons (Fsp3) is 0.250. The highest BCUT2D eigenvalue weighted by Crippen LogP contribution is 2.43. The Morgan fingerprint density at radius 3 is 1.78 bits per heavy atom. The quantitative estimate of drug-likeness (QED) is 0.654. The van der Waals surface area contributed by atoms with E-state index >= 15 is 0 Å². The molecule has 0 N–H and O–H groups in total. The lowest BCUT2D eigenvalue weighted by atomic mass is 9.99. The van der Waals surface area contributed by atoms with Gasteiger partial charge in [-0.2, -0.15) is 0 Å². The number of aliphatic imine (C=N–C) groups is 2. The third-order valence-electron chi connectivity index (χ3n) is 3.80. The van der Waals surface area contributed by atoms with Crippen LogP contribution in [0.2, 0.25) is 0 Å². The normalized spacial score (nSPS) is 16.6. The van der Waals surface area contributed by atoms with E-state index in [0.29, 0.717) is 0 Å². The number of hydrogen-bond acceptors (Lipinski definition) is 2. The predicted molar refractivity (Wildman–Crippen MR) is 76.9 cm³/mol. The molecule has 0 bridgehead atoms. The largest absolute Gasteiger partial charge is 0.257 e. The summed E-state index contributed by atoms with van der Waals surface area (Å²) in [5, 5.41) is 2.50. The number of nitrogens with zero attached hydrogens (tertiary/aromatic N) is 2. The molecule has 2 heteroatoms. The lowest BCUT2D eigenvalue weighted by molar-refractivity contribution is 1.38. The summed E-state index contributed by atoms with van der Waals surface area (Å²) < 4.78 is 0. The van der Waals surface area contributed by atoms with E-state index in [2.05, 4.69) is 38.1 Å². The van der Waals surface area contributed by atoms with Gasteiger partial charge in [-0.05, 0) is 30.4 Å². The first-order chi connectivity index (χ1) is 8.72. The highest BCUT2D eigenvalue weighted by atomic mass is 14.8. The van der Waals surface area contributed by atoms with Gasteiger partial charge in [-0.25, -0.2) is 0 Å². The van der Waals surface area contributed by atoms with Crippen molar-refractivity contribution >= 4 is 33.6 Å². The molecule has 0 spiro atoms. The standard InChI is InChI=1S/C16H14N2/c1-9-7-12-5-3-11-4-6-13-8-10(2)18-16(13)14(11)15(12)17-9/h3-6H,7-8H2,1-2H3. The minimum absolute atomic E-state index is 0.984. The van der Waals surface area contributed by atoms with E-state index in [1.54, 1.807) is 0 Å². The molecule has 0 atom stereocenters. The Morgan fingerprint density at radius 2 is 1.28 bits per heavy atom. The van der Waals surface area contributed by atoms with Crippen LogP contribution in [0.5, 0.6) is 0 Å². The topological polar surface area (TPSA) is 24.7 Å². The molecular formula is C16H14N2. The fourth-order valence-corrected chi connectivity index (χ4v) is 3.02. The number of hydrogen-bond donors (Lipinski definition) is 0. The number of rotatable bonds is 0. The van der Waals surface area contributed by atoms with Crippen molar-refractivity contribution in [3.05, 3.63) is 35.4 Å². The molecule has 18 heavy (non-hydrogen) atoms. The van der Waals surface area contributed by atoms with Crippen molar-refractivity contribution in [1.82, 2.24) is 0 Å². The monoisotopic (exact) mass is 234 g/mol. The average molecular weight is 234 g/mol. The molecule has 0 aliphatic carbocycles. The predicted octanol–water partition coefficient (Wildman–Crippen LogP) is 4.14. The number of fused-ring (bicyclic) bond motifs is 5. The van der Waals surface area contributed by atoms with E-state index in [1.165, 1.54) is 33.3 Å². The average Bonchev–Trinajstić information content (AvgIpc) is 2.88. The van der Waals surface area contributed by atoms with Gasteiger partial charge >= 0.3 is 0 Å². The van der Waals surface area contributed by atoms with Gasteiger partial charge in [0.25, 0.3) is 0 Å². The molecule has 0 saturated carbocycles. The number of benzene rings is 2. The molecular weight excluding hydrogens is 220 g/mol. The Kier molecular flexibility index (Phi) is 1.83. The van der Waals surface area contributed by atoms with E-state index in [1.807, 2.05) is 0 Å². The van der Waals surface area contributed by atoms with Crippen LogP contribution >= 0.6 is 0 Å². The maximum Gasteiger partial charge on any atom is 0.0765 e. The van der Waals surface area contributed by atoms with Crippen molar-refractivity contribution in [2.24, 2.45) is 9.98 Å². The molecule has 0 radical (unpaired) electrons. The van der Waals surface area contributed by atoms with Crippen molar-refractivity contribution in [3.63, 3.8) is 0 Å². The molecule has 4 rings (SSSR count). The first kappa shape index (κ1) is 10.0. The summed E-state index contributed by atoms with van der Waals surface area (Å²) in [6, 6.07) is 8.81. The van der Waals surface area contributed by atoms with E-state index < -0.39 is 0 Å². The van der Waals surface area contributed by atoms with Crippen LogP contribution in [0.3, 0.4) is 0 Å². The van der Waals surface area contributed by atoms with Gasteiger partial charge in [0.1, 0.15) is 0 Å². The summed E-state index contributed by atoms with van der Waals surface area (Å²) in [4.78, 5) is 9.46. The van der Waals surface area contributed by atoms with Crippen LogP contribution in [0.4, 0.5) is 11.4 Å². The van der Waals surface area contributed by atoms with Gasteiger partial charge in [-0.15, -0.1) is 0 Å². The van der Waals surface area contributed by atoms with Gasteiger partial charge in [0.15, 0.2) is 0 Å². The summed E-state index contributed by atoms with van der Waals surface area (Å²) >= 11 is 0. The Morgan fingerprint density at radius 1 is 0.778 bits per heavy atom. The van der Waals surface area contributed by atoms with E-state index in [4.69, 9.17) is 9.98 Å². The van der Waals surface area contributed by atoms with Crippen molar-refractivity contribution in [3.8, 4) is 0 Å². The molecule has 2 nitrogen and oxygen atoms in total. The first-order valence-corrected chi connectivity index (χ1v) is 6.38. The Labute approximate surface area is 106 Å². The summed E-state index contributed by atoms with van der Waals surface area (Å²) in [6.45, 7) is 4.20. The smallest absolute Gasteiger partial charge is 0.0765 e. The van der Waals surface area contributed by atoms with E-state index in [9.17, 15) is 0 Å². The van der Waals surface area contributed by atoms with Crippen molar-refractivity contribution < 1.29 is 0 Å². The second-order valence-electron chi connectivity index (χ2n) is 5.29. The Bertz CT molecular complexity index is 691. The summed E-state index contributed by atoms with van der Waals surface area (Å²) in [5.41, 5.74) is 7.39. The van der Waals surface area contributed by atoms with Crippen LogP contribution in [0, 0.1) is 0 Å². The van der Waals surface area contributed by atoms with Crippen molar-refractivity contribution in [1.29, 1.82) is 0 Å². The maximum atomic E-state index is 4.73. The molecule has 0 aromatic heterocycles. The minimum Gasteiger partial charge on any atom is -0.257 e. The summed E-state index contributed by atoms with van der Waals surface area (Å²) in [7, 11) is 0. The van der Waals surface area contributed by atoms with Crippen molar-refractivity contribution in [2.45, 2.75) is 26.7 Å². The summed E-state index contributed by atoms with van der Waals surface area (Å²) in [6.07, 6.45) is 1.97. The minimum atomic E-state index is 0.984. The second kappa shape index (κ2) is 3.29. The van der Waals surface area contributed by atoms with Crippen LogP contribution in [-0.2, 0) is 12.8 Å². The molecule has 2 aromatic rings. The zero-order valence-corrected chi connectivity index (χ0v) is 10.6. The highest BCUT2D eigenvalue weighted by Gasteiger charge is 2.20. The van der Waals surface area contributed by atoms with Gasteiger partial charge in [0.05, 0.1) is 11.4 Å². The van der Waals surface area contributed by atoms with Gasteiger partial charge in [0.2, 0.25) is 0 Å². The van der Waals surface area contributed by atoms with E-state index in [-0.39, 0.29) is 0 Å². The van der Waals surface area contributed by atoms with Crippen LogP contribution in [0.25, 0.3) is 10.8 Å². The molecule has 2 aromatic carbocycles. The van der Waals surface area contributed by atoms with Crippen LogP contribution in [0.1, 0.15) is 25.0 Å². The lowest BCUT2D eigenvalue weighted by Crippen LogP contribution is -1.89. The maximum absolute atomic E-state index is 4.73. The van der Waals surface area contributed by atoms with Crippen LogP contribution < -0.4 is 0 Å². The molecule has 2 aliphatic rings. The van der Waals surface area contributed by atoms with Crippen LogP contribution in [0.15, 0.2) is 34.3 Å². The lowest BCUT2D eigenvalue weighted by Gasteiger charge is -2.07. The third-order valence-corrected chi connectivity index (χ3v) is 3.80. The second-order valence-corrected chi connectivity index (χ2v) is 5.29. The molecule has 0 amide bonds. The Balaban J connectivity index is 2.16. The zero-order chi connectivity index (χ0) is 12.3. The Hall–Kier alpha value is -1.96. The fourth-order valence-electron chi connectivity index (χ4n) is 3.02. The highest BCUT2D eigenvalue weighted by molar-refractivity contribution is 6.11. The van der Waals surface area contributed by atoms with Gasteiger partial charge < -0.3 is 0 Å². The molecule has 0 saturated heterocycles. The first-order valence-electron chi connectivity index (χ1n) is 6.38. The van der Waals surface area contributed by atoms with E-state index in [0.717, 1.165) is 24.2 Å². The molecule has 0 unspecified atom stereocenters. The molecule has 88 valence electrons. The SMILES string of the molecule is CC1=Nc2c(ccc3ccc4c(c23)N=C(C)C4)C1. The van der Waals surface area contributed by atoms with Crippen molar-refractivity contribution in [2.75, 3.05) is 0 Å². The molecule has 0 fully saturated rings. The zero-order valence-electron chi connectivity index (χ0n) is 10.6. The summed E-state index contributed by atoms with van der Waals surface area (Å²) in [5.74, 6) is 0. The van der Waals surface area contributed by atoms with Crippen LogP contribution in [-0.4, -0.2) is 11.4 Å². The van der Waals surface area contributed by atoms with Gasteiger partial charge in [0, 0.05) is 29.7 Å². The molecule has 2 aliphatic heterocycles.